The first-order valence-corrected chi connectivity index (χ1v) is 9.92. The summed E-state index contributed by atoms with van der Waals surface area (Å²) in [7, 11) is 0. The van der Waals surface area contributed by atoms with Crippen molar-refractivity contribution in [1.29, 1.82) is 0 Å². The number of carboxylic acids is 1. The van der Waals surface area contributed by atoms with E-state index in [0.29, 0.717) is 33.8 Å². The van der Waals surface area contributed by atoms with Crippen LogP contribution in [0.4, 0.5) is 5.69 Å². The molecule has 0 aliphatic carbocycles. The monoisotopic (exact) mass is 455 g/mol. The number of nitrogens with zero attached hydrogens (tertiary/aromatic N) is 2. The molecular formula is C22H16ClN2O7-. The molecule has 3 amide bonds. The Balaban J connectivity index is 1.64. The normalized spacial score (nSPS) is 17.3. The van der Waals surface area contributed by atoms with Gasteiger partial charge in [-0.3, -0.25) is 14.4 Å². The van der Waals surface area contributed by atoms with Gasteiger partial charge < -0.3 is 24.3 Å². The first-order valence-electron chi connectivity index (χ1n) is 9.54. The van der Waals surface area contributed by atoms with Crippen LogP contribution in [0.3, 0.4) is 0 Å². The molecule has 164 valence electrons. The van der Waals surface area contributed by atoms with Crippen molar-refractivity contribution in [2.24, 2.45) is 0 Å². The Hall–Kier alpha value is -3.85. The molecule has 0 radical (unpaired) electrons. The van der Waals surface area contributed by atoms with Gasteiger partial charge in [0.25, 0.3) is 5.91 Å². The number of carbonyl (C=O) groups is 4. The summed E-state index contributed by atoms with van der Waals surface area (Å²) < 4.78 is 10.6. The summed E-state index contributed by atoms with van der Waals surface area (Å²) in [5, 5.41) is 11.2. The highest BCUT2D eigenvalue weighted by Gasteiger charge is 2.44. The predicted molar refractivity (Wildman–Crippen MR) is 110 cm³/mol. The van der Waals surface area contributed by atoms with E-state index < -0.39 is 29.7 Å². The Labute approximate surface area is 187 Å². The van der Waals surface area contributed by atoms with Gasteiger partial charge in [0.2, 0.25) is 18.6 Å². The topological polar surface area (TPSA) is 116 Å². The second kappa shape index (κ2) is 8.72. The first kappa shape index (κ1) is 21.4. The number of aliphatic carboxylic acids is 1. The molecule has 32 heavy (non-hydrogen) atoms. The fourth-order valence-corrected chi connectivity index (χ4v) is 3.66. The van der Waals surface area contributed by atoms with E-state index in [0.717, 1.165) is 15.9 Å². The molecule has 4 rings (SSSR count). The molecule has 1 fully saturated rings. The fraction of sp³-hybridized carbons (Fsp3) is 0.182. The molecule has 2 aliphatic rings. The van der Waals surface area contributed by atoms with Crippen LogP contribution in [0.25, 0.3) is 0 Å². The lowest BCUT2D eigenvalue weighted by Crippen LogP contribution is -2.44. The molecule has 0 unspecified atom stereocenters. The van der Waals surface area contributed by atoms with Crippen LogP contribution in [0, 0.1) is 0 Å². The standard InChI is InChI=1S/C22H17ClN2O7/c23-14-2-4-15(5-3-14)25-20(27)10-16(22(25)30)24(19(26)7-8-21(28)29)11-13-1-6-17-18(9-13)32-12-31-17/h1-9,16H,10-12H2,(H,28,29)/p-1/b8-7+/t16-/m1/s1. The highest BCUT2D eigenvalue weighted by Crippen LogP contribution is 2.34. The minimum Gasteiger partial charge on any atom is -0.545 e. The molecule has 2 aromatic carbocycles. The number of ether oxygens (including phenoxy) is 2. The predicted octanol–water partition coefficient (Wildman–Crippen LogP) is 1.04. The third-order valence-corrected chi connectivity index (χ3v) is 5.27. The Morgan fingerprint density at radius 2 is 1.81 bits per heavy atom. The van der Waals surface area contributed by atoms with Gasteiger partial charge >= 0.3 is 0 Å². The number of benzene rings is 2. The number of imide groups is 1. The molecule has 0 saturated carbocycles. The van der Waals surface area contributed by atoms with Crippen molar-refractivity contribution in [2.45, 2.75) is 19.0 Å². The van der Waals surface area contributed by atoms with E-state index in [-0.39, 0.29) is 19.8 Å². The van der Waals surface area contributed by atoms with E-state index in [4.69, 9.17) is 21.1 Å². The van der Waals surface area contributed by atoms with Crippen molar-refractivity contribution in [1.82, 2.24) is 4.90 Å². The van der Waals surface area contributed by atoms with Gasteiger partial charge in [0.05, 0.1) is 18.1 Å². The Bertz CT molecular complexity index is 1130. The lowest BCUT2D eigenvalue weighted by molar-refractivity contribution is -0.297. The smallest absolute Gasteiger partial charge is 0.257 e. The zero-order valence-electron chi connectivity index (χ0n) is 16.5. The van der Waals surface area contributed by atoms with Crippen LogP contribution in [0.5, 0.6) is 11.5 Å². The summed E-state index contributed by atoms with van der Waals surface area (Å²) in [6.07, 6.45) is 1.12. The lowest BCUT2D eigenvalue weighted by atomic mass is 10.1. The average molecular weight is 456 g/mol. The van der Waals surface area contributed by atoms with Crippen LogP contribution in [0.15, 0.2) is 54.6 Å². The molecular weight excluding hydrogens is 440 g/mol. The second-order valence-electron chi connectivity index (χ2n) is 7.07. The van der Waals surface area contributed by atoms with Crippen molar-refractivity contribution in [3.63, 3.8) is 0 Å². The SMILES string of the molecule is O=C([O-])/C=C/C(=O)N(Cc1ccc2c(c1)OCO2)[C@@H]1CC(=O)N(c2ccc(Cl)cc2)C1=O. The Morgan fingerprint density at radius 3 is 2.53 bits per heavy atom. The summed E-state index contributed by atoms with van der Waals surface area (Å²) >= 11 is 5.88. The van der Waals surface area contributed by atoms with Crippen molar-refractivity contribution >= 4 is 41.0 Å². The van der Waals surface area contributed by atoms with Crippen molar-refractivity contribution in [2.75, 3.05) is 11.7 Å². The summed E-state index contributed by atoms with van der Waals surface area (Å²) in [4.78, 5) is 51.5. The Kier molecular flexibility index (Phi) is 5.83. The van der Waals surface area contributed by atoms with Gasteiger partial charge in [0.15, 0.2) is 11.5 Å². The number of amides is 3. The molecule has 2 heterocycles. The number of rotatable bonds is 6. The molecule has 10 heteroatoms. The van der Waals surface area contributed by atoms with Crippen LogP contribution in [-0.4, -0.2) is 41.4 Å². The molecule has 9 nitrogen and oxygen atoms in total. The molecule has 0 spiro atoms. The van der Waals surface area contributed by atoms with E-state index in [2.05, 4.69) is 0 Å². The maximum absolute atomic E-state index is 13.1. The average Bonchev–Trinajstić information content (AvgIpc) is 3.34. The highest BCUT2D eigenvalue weighted by atomic mass is 35.5. The van der Waals surface area contributed by atoms with E-state index in [1.165, 1.54) is 12.1 Å². The number of halogens is 1. The largest absolute Gasteiger partial charge is 0.545 e. The first-order chi connectivity index (χ1) is 15.3. The van der Waals surface area contributed by atoms with Crippen molar-refractivity contribution in [3.8, 4) is 11.5 Å². The van der Waals surface area contributed by atoms with Gasteiger partial charge in [-0.2, -0.15) is 0 Å². The van der Waals surface area contributed by atoms with Crippen LogP contribution in [-0.2, 0) is 25.7 Å². The zero-order valence-corrected chi connectivity index (χ0v) is 17.3. The van der Waals surface area contributed by atoms with Crippen LogP contribution < -0.4 is 19.5 Å². The second-order valence-corrected chi connectivity index (χ2v) is 7.51. The number of anilines is 1. The third-order valence-electron chi connectivity index (χ3n) is 5.02. The van der Waals surface area contributed by atoms with E-state index in [9.17, 15) is 24.3 Å². The van der Waals surface area contributed by atoms with Gasteiger partial charge in [-0.1, -0.05) is 17.7 Å². The molecule has 0 N–H and O–H groups in total. The summed E-state index contributed by atoms with van der Waals surface area (Å²) in [6.45, 7) is 0.00640. The maximum atomic E-state index is 13.1. The van der Waals surface area contributed by atoms with Gasteiger partial charge in [0, 0.05) is 17.6 Å². The quantitative estimate of drug-likeness (QED) is 0.472. The summed E-state index contributed by atoms with van der Waals surface area (Å²) in [6, 6.07) is 10.0. The molecule has 0 bridgehead atoms. The lowest BCUT2D eigenvalue weighted by Gasteiger charge is -2.27. The van der Waals surface area contributed by atoms with E-state index >= 15 is 0 Å². The molecule has 2 aromatic rings. The highest BCUT2D eigenvalue weighted by molar-refractivity contribution is 6.31. The summed E-state index contributed by atoms with van der Waals surface area (Å²) in [5.41, 5.74) is 0.933. The van der Waals surface area contributed by atoms with Gasteiger partial charge in [0.1, 0.15) is 6.04 Å². The molecule has 1 atom stereocenters. The minimum atomic E-state index is -1.56. The van der Waals surface area contributed by atoms with Gasteiger partial charge in [-0.05, 0) is 48.0 Å². The van der Waals surface area contributed by atoms with Crippen LogP contribution >= 0.6 is 11.6 Å². The minimum absolute atomic E-state index is 0.0645. The van der Waals surface area contributed by atoms with Crippen molar-refractivity contribution < 1.29 is 33.8 Å². The van der Waals surface area contributed by atoms with Crippen LogP contribution in [0.1, 0.15) is 12.0 Å². The van der Waals surface area contributed by atoms with Gasteiger partial charge in [-0.15, -0.1) is 0 Å². The van der Waals surface area contributed by atoms with E-state index in [1.807, 2.05) is 0 Å². The number of hydrogen-bond donors (Lipinski definition) is 0. The molecule has 1 saturated heterocycles. The third kappa shape index (κ3) is 4.28. The van der Waals surface area contributed by atoms with Crippen molar-refractivity contribution in [3.05, 3.63) is 65.2 Å². The number of hydrogen-bond acceptors (Lipinski definition) is 7. The number of fused-ring (bicyclic) bond motifs is 1. The Morgan fingerprint density at radius 1 is 1.09 bits per heavy atom. The molecule has 0 aromatic heterocycles. The van der Waals surface area contributed by atoms with E-state index in [1.54, 1.807) is 30.3 Å². The van der Waals surface area contributed by atoms with Gasteiger partial charge in [-0.25, -0.2) is 4.90 Å². The number of carboxylic acid groups (broad SMARTS) is 1. The zero-order chi connectivity index (χ0) is 22.8. The fourth-order valence-electron chi connectivity index (χ4n) is 3.53. The number of carbonyl (C=O) groups excluding carboxylic acids is 4. The molecule has 2 aliphatic heterocycles. The summed E-state index contributed by atoms with van der Waals surface area (Å²) in [5.74, 6) is -2.38. The maximum Gasteiger partial charge on any atom is 0.257 e. The van der Waals surface area contributed by atoms with Crippen LogP contribution in [0.2, 0.25) is 5.02 Å².